The van der Waals surface area contributed by atoms with Gasteiger partial charge in [0.25, 0.3) is 0 Å². The number of hydrogen-bond acceptors (Lipinski definition) is 6. The van der Waals surface area contributed by atoms with Gasteiger partial charge in [0.15, 0.2) is 0 Å². The van der Waals surface area contributed by atoms with Crippen molar-refractivity contribution in [1.29, 1.82) is 0 Å². The first-order valence-corrected chi connectivity index (χ1v) is 8.76. The van der Waals surface area contributed by atoms with E-state index in [-0.39, 0.29) is 49.2 Å². The molecule has 2 rings (SSSR count). The van der Waals surface area contributed by atoms with E-state index in [0.717, 1.165) is 5.56 Å². The normalized spacial score (nSPS) is 26.2. The van der Waals surface area contributed by atoms with E-state index < -0.39 is 24.2 Å². The zero-order valence-corrected chi connectivity index (χ0v) is 16.5. The molecule has 1 aromatic carbocycles. The van der Waals surface area contributed by atoms with Crippen LogP contribution in [0.15, 0.2) is 24.3 Å². The molecular formula is C19H27ClFNO5. The topological polar surface area (TPSA) is 87.9 Å². The van der Waals surface area contributed by atoms with Crippen molar-refractivity contribution in [2.75, 3.05) is 13.2 Å². The van der Waals surface area contributed by atoms with Crippen molar-refractivity contribution in [2.24, 2.45) is 17.6 Å². The Kier molecular flexibility index (Phi) is 9.15. The quantitative estimate of drug-likeness (QED) is 0.776. The predicted octanol–water partition coefficient (Wildman–Crippen LogP) is 2.26. The number of halogens is 2. The summed E-state index contributed by atoms with van der Waals surface area (Å²) in [5.41, 5.74) is 6.61. The molecule has 0 bridgehead atoms. The molecule has 1 saturated heterocycles. The smallest absolute Gasteiger partial charge is 0.325 e. The van der Waals surface area contributed by atoms with Crippen LogP contribution in [-0.2, 0) is 30.2 Å². The molecule has 2 N–H and O–H groups in total. The Labute approximate surface area is 164 Å². The monoisotopic (exact) mass is 403 g/mol. The van der Waals surface area contributed by atoms with Gasteiger partial charge in [-0.05, 0) is 31.0 Å². The van der Waals surface area contributed by atoms with Crippen LogP contribution < -0.4 is 5.73 Å². The summed E-state index contributed by atoms with van der Waals surface area (Å²) in [5, 5.41) is 0. The summed E-state index contributed by atoms with van der Waals surface area (Å²) >= 11 is 0. The minimum Gasteiger partial charge on any atom is -0.458 e. The third-order valence-electron chi connectivity index (χ3n) is 4.30. The first kappa shape index (κ1) is 23.3. The third-order valence-corrected chi connectivity index (χ3v) is 4.30. The van der Waals surface area contributed by atoms with E-state index >= 15 is 0 Å². The van der Waals surface area contributed by atoms with Crippen molar-refractivity contribution in [3.05, 3.63) is 35.6 Å². The Hall–Kier alpha value is -1.70. The summed E-state index contributed by atoms with van der Waals surface area (Å²) < 4.78 is 29.8. The molecule has 0 spiro atoms. The molecule has 6 nitrogen and oxygen atoms in total. The van der Waals surface area contributed by atoms with Crippen molar-refractivity contribution < 1.29 is 28.2 Å². The molecule has 152 valence electrons. The Morgan fingerprint density at radius 1 is 1.30 bits per heavy atom. The van der Waals surface area contributed by atoms with Gasteiger partial charge in [0.05, 0.1) is 19.1 Å². The van der Waals surface area contributed by atoms with Gasteiger partial charge in [-0.1, -0.05) is 26.0 Å². The molecule has 0 unspecified atom stereocenters. The van der Waals surface area contributed by atoms with Gasteiger partial charge < -0.3 is 19.9 Å². The summed E-state index contributed by atoms with van der Waals surface area (Å²) in [6.45, 7) is 5.40. The summed E-state index contributed by atoms with van der Waals surface area (Å²) in [7, 11) is 0. The van der Waals surface area contributed by atoms with Crippen LogP contribution in [0.5, 0.6) is 0 Å². The molecule has 8 heteroatoms. The summed E-state index contributed by atoms with van der Waals surface area (Å²) in [6.07, 6.45) is -0.888. The number of benzene rings is 1. The highest BCUT2D eigenvalue weighted by Gasteiger charge is 2.36. The first-order chi connectivity index (χ1) is 12.3. The number of rotatable bonds is 4. The number of cyclic esters (lactones) is 1. The molecule has 0 aromatic heterocycles. The van der Waals surface area contributed by atoms with Gasteiger partial charge in [-0.15, -0.1) is 12.4 Å². The number of carbonyl (C=O) groups excluding carboxylic acids is 2. The Morgan fingerprint density at radius 3 is 2.52 bits per heavy atom. The van der Waals surface area contributed by atoms with Crippen LogP contribution >= 0.6 is 12.4 Å². The molecule has 0 saturated carbocycles. The van der Waals surface area contributed by atoms with Gasteiger partial charge in [0.2, 0.25) is 0 Å². The van der Waals surface area contributed by atoms with E-state index in [2.05, 4.69) is 0 Å². The molecule has 1 aliphatic rings. The van der Waals surface area contributed by atoms with Crippen LogP contribution in [0.25, 0.3) is 0 Å². The van der Waals surface area contributed by atoms with Crippen molar-refractivity contribution >= 4 is 24.3 Å². The molecule has 1 aromatic rings. The molecule has 1 heterocycles. The van der Waals surface area contributed by atoms with Crippen molar-refractivity contribution in [2.45, 2.75) is 45.4 Å². The lowest BCUT2D eigenvalue weighted by atomic mass is 9.91. The van der Waals surface area contributed by atoms with E-state index in [1.807, 2.05) is 0 Å². The fourth-order valence-electron chi connectivity index (χ4n) is 2.79. The molecule has 27 heavy (non-hydrogen) atoms. The van der Waals surface area contributed by atoms with Crippen LogP contribution in [0.4, 0.5) is 4.39 Å². The number of carbonyl (C=O) groups is 2. The lowest BCUT2D eigenvalue weighted by Gasteiger charge is -2.31. The number of nitrogens with two attached hydrogens (primary N) is 1. The van der Waals surface area contributed by atoms with Crippen LogP contribution in [0.3, 0.4) is 0 Å². The zero-order valence-electron chi connectivity index (χ0n) is 15.7. The summed E-state index contributed by atoms with van der Waals surface area (Å²) in [5.74, 6) is -1.89. The maximum Gasteiger partial charge on any atom is 0.325 e. The first-order valence-electron chi connectivity index (χ1n) is 8.76. The van der Waals surface area contributed by atoms with Crippen LogP contribution in [0.2, 0.25) is 0 Å². The van der Waals surface area contributed by atoms with Crippen LogP contribution in [0, 0.1) is 17.7 Å². The zero-order chi connectivity index (χ0) is 19.3. The van der Waals surface area contributed by atoms with Gasteiger partial charge in [0, 0.05) is 5.92 Å². The van der Waals surface area contributed by atoms with E-state index in [1.165, 1.54) is 12.1 Å². The Balaban J connectivity index is 0.00000364. The van der Waals surface area contributed by atoms with Crippen molar-refractivity contribution in [3.8, 4) is 0 Å². The van der Waals surface area contributed by atoms with Gasteiger partial charge in [-0.25, -0.2) is 4.39 Å². The van der Waals surface area contributed by atoms with Crippen LogP contribution in [-0.4, -0.2) is 43.4 Å². The largest absolute Gasteiger partial charge is 0.458 e. The standard InChI is InChI=1S/C19H26FNO5.ClH/c1-11(2)18(22)26-17-12(3)25-19(23)16(21)10-24-9-14(17)8-13-4-6-15(20)7-5-13;/h4-7,11-12,14,16-17H,8-10,21H2,1-3H3;1H/t12-,14-,16-,17-;/m0./s1. The summed E-state index contributed by atoms with van der Waals surface area (Å²) in [6, 6.07) is 5.21. The van der Waals surface area contributed by atoms with Gasteiger partial charge >= 0.3 is 11.9 Å². The lowest BCUT2D eigenvalue weighted by molar-refractivity contribution is -0.173. The second-order valence-corrected chi connectivity index (χ2v) is 6.93. The molecule has 0 aliphatic carbocycles. The van der Waals surface area contributed by atoms with E-state index in [4.69, 9.17) is 19.9 Å². The van der Waals surface area contributed by atoms with Gasteiger partial charge in [0.1, 0.15) is 24.1 Å². The molecule has 1 fully saturated rings. The number of ether oxygens (including phenoxy) is 3. The Morgan fingerprint density at radius 2 is 1.93 bits per heavy atom. The summed E-state index contributed by atoms with van der Waals surface area (Å²) in [4.78, 5) is 24.1. The highest BCUT2D eigenvalue weighted by molar-refractivity contribution is 5.85. The van der Waals surface area contributed by atoms with E-state index in [9.17, 15) is 14.0 Å². The van der Waals surface area contributed by atoms with E-state index in [0.29, 0.717) is 6.42 Å². The lowest BCUT2D eigenvalue weighted by Crippen LogP contribution is -2.43. The predicted molar refractivity (Wildman–Crippen MR) is 99.9 cm³/mol. The maximum absolute atomic E-state index is 13.2. The van der Waals surface area contributed by atoms with Crippen molar-refractivity contribution in [1.82, 2.24) is 0 Å². The number of hydrogen-bond donors (Lipinski definition) is 1. The maximum atomic E-state index is 13.2. The minimum atomic E-state index is -0.886. The second-order valence-electron chi connectivity index (χ2n) is 6.93. The third kappa shape index (κ3) is 6.75. The highest BCUT2D eigenvalue weighted by atomic mass is 35.5. The van der Waals surface area contributed by atoms with Crippen molar-refractivity contribution in [3.63, 3.8) is 0 Å². The Bertz CT molecular complexity index is 625. The van der Waals surface area contributed by atoms with E-state index in [1.54, 1.807) is 32.9 Å². The average molecular weight is 404 g/mol. The molecule has 4 atom stereocenters. The molecular weight excluding hydrogens is 377 g/mol. The second kappa shape index (κ2) is 10.6. The minimum absolute atomic E-state index is 0. The fraction of sp³-hybridized carbons (Fsp3) is 0.579. The van der Waals surface area contributed by atoms with Crippen LogP contribution in [0.1, 0.15) is 26.3 Å². The SMILES string of the molecule is CC(C)C(=O)O[C@@H]1[C@@H](Cc2ccc(F)cc2)COC[C@H](N)C(=O)O[C@H]1C.Cl. The molecule has 0 amide bonds. The molecule has 0 radical (unpaired) electrons. The van der Waals surface area contributed by atoms with Gasteiger partial charge in [-0.3, -0.25) is 9.59 Å². The molecule has 1 aliphatic heterocycles. The fourth-order valence-corrected chi connectivity index (χ4v) is 2.79. The number of esters is 2. The van der Waals surface area contributed by atoms with Gasteiger partial charge in [-0.2, -0.15) is 0 Å². The average Bonchev–Trinajstić information content (AvgIpc) is 2.63. The highest BCUT2D eigenvalue weighted by Crippen LogP contribution is 2.23.